The summed E-state index contributed by atoms with van der Waals surface area (Å²) in [4.78, 5) is 10.1. The molecule has 0 saturated heterocycles. The van der Waals surface area contributed by atoms with Gasteiger partial charge in [-0.2, -0.15) is 0 Å². The van der Waals surface area contributed by atoms with Crippen molar-refractivity contribution in [1.82, 2.24) is 0 Å². The molecular weight excluding hydrogens is 296 g/mol. The molecule has 0 aliphatic carbocycles. The van der Waals surface area contributed by atoms with Gasteiger partial charge in [-0.15, -0.1) is 0 Å². The van der Waals surface area contributed by atoms with Crippen molar-refractivity contribution in [2.24, 2.45) is 0 Å². The van der Waals surface area contributed by atoms with Gasteiger partial charge in [-0.25, -0.2) is 4.79 Å². The third kappa shape index (κ3) is 20.2. The van der Waals surface area contributed by atoms with Crippen LogP contribution < -0.4 is 0 Å². The normalized spacial score (nSPS) is 11.4. The molecule has 0 aromatic carbocycles. The summed E-state index contributed by atoms with van der Waals surface area (Å²) in [6.45, 7) is 2.27. The lowest BCUT2D eigenvalue weighted by Crippen LogP contribution is -1.85. The Labute approximate surface area is 148 Å². The summed E-state index contributed by atoms with van der Waals surface area (Å²) < 4.78 is 0. The van der Waals surface area contributed by atoms with Gasteiger partial charge in [0.1, 0.15) is 0 Å². The fourth-order valence-electron chi connectivity index (χ4n) is 2.44. The lowest BCUT2D eigenvalue weighted by Gasteiger charge is -2.01. The first kappa shape index (κ1) is 22.2. The zero-order valence-electron chi connectivity index (χ0n) is 15.3. The van der Waals surface area contributed by atoms with Crippen LogP contribution in [0, 0.1) is 11.8 Å². The Hall–Kier alpha value is -1.75. The fourth-order valence-corrected chi connectivity index (χ4v) is 2.44. The Morgan fingerprint density at radius 2 is 1.33 bits per heavy atom. The van der Waals surface area contributed by atoms with E-state index in [0.29, 0.717) is 0 Å². The van der Waals surface area contributed by atoms with E-state index in [9.17, 15) is 4.79 Å². The van der Waals surface area contributed by atoms with Crippen LogP contribution in [0.25, 0.3) is 0 Å². The number of rotatable bonds is 14. The van der Waals surface area contributed by atoms with Gasteiger partial charge in [-0.05, 0) is 18.9 Å². The first-order chi connectivity index (χ1) is 11.8. The minimum atomic E-state index is -1.10. The molecule has 0 aromatic heterocycles. The van der Waals surface area contributed by atoms with Gasteiger partial charge in [0.05, 0.1) is 0 Å². The van der Waals surface area contributed by atoms with Gasteiger partial charge in [0.15, 0.2) is 0 Å². The first-order valence-electron chi connectivity index (χ1n) is 9.50. The molecule has 2 nitrogen and oxygen atoms in total. The van der Waals surface area contributed by atoms with Crippen LogP contribution in [0.4, 0.5) is 0 Å². The zero-order valence-corrected chi connectivity index (χ0v) is 15.3. The minimum Gasteiger partial charge on any atom is -0.472 e. The van der Waals surface area contributed by atoms with E-state index in [1.54, 1.807) is 6.08 Å². The minimum absolute atomic E-state index is 1.10. The summed E-state index contributed by atoms with van der Waals surface area (Å²) in [5.74, 6) is 3.36. The van der Waals surface area contributed by atoms with Crippen molar-refractivity contribution in [3.05, 3.63) is 36.5 Å². The molecule has 0 aliphatic rings. The van der Waals surface area contributed by atoms with Crippen molar-refractivity contribution < 1.29 is 9.90 Å². The van der Waals surface area contributed by atoms with Crippen molar-refractivity contribution >= 4 is 5.97 Å². The molecule has 0 radical (unpaired) electrons. The van der Waals surface area contributed by atoms with E-state index >= 15 is 0 Å². The largest absolute Gasteiger partial charge is 0.472 e. The summed E-state index contributed by atoms with van der Waals surface area (Å²) in [5.41, 5.74) is 0. The molecule has 1 N–H and O–H groups in total. The summed E-state index contributed by atoms with van der Waals surface area (Å²) >= 11 is 0. The molecule has 24 heavy (non-hydrogen) atoms. The SMILES string of the molecule is CCCCCCCCCCCCCC=CC=CC=CC#CC(=O)O. The van der Waals surface area contributed by atoms with E-state index in [-0.39, 0.29) is 0 Å². The number of hydrogen-bond donors (Lipinski definition) is 1. The van der Waals surface area contributed by atoms with E-state index < -0.39 is 5.97 Å². The summed E-state index contributed by atoms with van der Waals surface area (Å²) in [6.07, 6.45) is 27.6. The fraction of sp³-hybridized carbons (Fsp3) is 0.591. The van der Waals surface area contributed by atoms with Crippen molar-refractivity contribution in [2.75, 3.05) is 0 Å². The van der Waals surface area contributed by atoms with Crippen molar-refractivity contribution in [2.45, 2.75) is 84.0 Å². The maximum atomic E-state index is 10.1. The second kappa shape index (κ2) is 19.3. The Kier molecular flexibility index (Phi) is 17.9. The monoisotopic (exact) mass is 330 g/mol. The summed E-state index contributed by atoms with van der Waals surface area (Å²) in [5, 5.41) is 8.32. The molecule has 0 atom stereocenters. The van der Waals surface area contributed by atoms with Crippen molar-refractivity contribution in [3.63, 3.8) is 0 Å². The number of carboxylic acid groups (broad SMARTS) is 1. The van der Waals surface area contributed by atoms with Crippen molar-refractivity contribution in [1.29, 1.82) is 0 Å². The molecule has 0 spiro atoms. The number of hydrogen-bond acceptors (Lipinski definition) is 1. The van der Waals surface area contributed by atoms with Crippen LogP contribution in [-0.2, 0) is 4.79 Å². The highest BCUT2D eigenvalue weighted by atomic mass is 16.4. The van der Waals surface area contributed by atoms with E-state index in [0.717, 1.165) is 6.42 Å². The summed E-state index contributed by atoms with van der Waals surface area (Å²) in [7, 11) is 0. The summed E-state index contributed by atoms with van der Waals surface area (Å²) in [6, 6.07) is 0. The highest BCUT2D eigenvalue weighted by Crippen LogP contribution is 2.11. The molecule has 0 amide bonds. The Balaban J connectivity index is 3.32. The van der Waals surface area contributed by atoms with Crippen LogP contribution in [0.1, 0.15) is 84.0 Å². The molecule has 0 unspecified atom stereocenters. The average molecular weight is 331 g/mol. The Bertz CT molecular complexity index is 433. The number of aliphatic carboxylic acids is 1. The molecular formula is C22H34O2. The third-order valence-corrected chi connectivity index (χ3v) is 3.80. The quantitative estimate of drug-likeness (QED) is 0.226. The van der Waals surface area contributed by atoms with E-state index in [1.807, 2.05) is 24.1 Å². The van der Waals surface area contributed by atoms with Gasteiger partial charge in [0, 0.05) is 5.92 Å². The lowest BCUT2D eigenvalue weighted by molar-refractivity contribution is -0.130. The molecule has 134 valence electrons. The van der Waals surface area contributed by atoms with Gasteiger partial charge in [-0.1, -0.05) is 107 Å². The molecule has 0 bridgehead atoms. The van der Waals surface area contributed by atoms with Gasteiger partial charge in [-0.3, -0.25) is 0 Å². The van der Waals surface area contributed by atoms with Gasteiger partial charge in [0.2, 0.25) is 0 Å². The van der Waals surface area contributed by atoms with Crippen LogP contribution >= 0.6 is 0 Å². The molecule has 0 aliphatic heterocycles. The number of carboxylic acids is 1. The highest BCUT2D eigenvalue weighted by Gasteiger charge is 1.92. The van der Waals surface area contributed by atoms with Crippen LogP contribution in [0.5, 0.6) is 0 Å². The van der Waals surface area contributed by atoms with E-state index in [2.05, 4.69) is 18.9 Å². The van der Waals surface area contributed by atoms with E-state index in [4.69, 9.17) is 5.11 Å². The van der Waals surface area contributed by atoms with Crippen LogP contribution in [0.15, 0.2) is 36.5 Å². The standard InChI is InChI=1S/C22H34O2/c1-2-3-4-5-6-7-8-9-10-11-12-13-14-15-16-17-18-19-20-21-22(23)24/h14-19H,2-13H2,1H3,(H,23,24). The van der Waals surface area contributed by atoms with Crippen LogP contribution in [-0.4, -0.2) is 11.1 Å². The van der Waals surface area contributed by atoms with E-state index in [1.165, 1.54) is 76.7 Å². The van der Waals surface area contributed by atoms with Gasteiger partial charge in [0.25, 0.3) is 0 Å². The number of allylic oxidation sites excluding steroid dienone is 6. The predicted octanol–water partition coefficient (Wildman–Crippen LogP) is 6.44. The average Bonchev–Trinajstić information content (AvgIpc) is 2.56. The third-order valence-electron chi connectivity index (χ3n) is 3.80. The number of unbranched alkanes of at least 4 members (excludes halogenated alkanes) is 11. The zero-order chi connectivity index (χ0) is 17.7. The molecule has 0 rings (SSSR count). The molecule has 0 heterocycles. The van der Waals surface area contributed by atoms with Crippen LogP contribution in [0.3, 0.4) is 0 Å². The lowest BCUT2D eigenvalue weighted by atomic mass is 10.1. The van der Waals surface area contributed by atoms with Crippen LogP contribution in [0.2, 0.25) is 0 Å². The molecule has 0 saturated carbocycles. The number of carbonyl (C=O) groups is 1. The maximum absolute atomic E-state index is 10.1. The topological polar surface area (TPSA) is 37.3 Å². The first-order valence-corrected chi connectivity index (χ1v) is 9.50. The smallest absolute Gasteiger partial charge is 0.382 e. The Morgan fingerprint density at radius 3 is 1.92 bits per heavy atom. The van der Waals surface area contributed by atoms with Crippen molar-refractivity contribution in [3.8, 4) is 11.8 Å². The maximum Gasteiger partial charge on any atom is 0.382 e. The molecule has 2 heteroatoms. The van der Waals surface area contributed by atoms with Gasteiger partial charge < -0.3 is 5.11 Å². The predicted molar refractivity (Wildman–Crippen MR) is 104 cm³/mol. The second-order valence-electron chi connectivity index (χ2n) is 6.07. The van der Waals surface area contributed by atoms with Gasteiger partial charge >= 0.3 is 5.97 Å². The second-order valence-corrected chi connectivity index (χ2v) is 6.07. The molecule has 0 aromatic rings. The Morgan fingerprint density at radius 1 is 0.792 bits per heavy atom. The molecule has 0 fully saturated rings. The highest BCUT2D eigenvalue weighted by molar-refractivity contribution is 5.86.